The molecule has 0 saturated carbocycles. The smallest absolute Gasteiger partial charge is 0.227 e. The van der Waals surface area contributed by atoms with E-state index in [9.17, 15) is 8.42 Å². The Morgan fingerprint density at radius 3 is 2.18 bits per heavy atom. The Balaban J connectivity index is 2.41. The summed E-state index contributed by atoms with van der Waals surface area (Å²) in [6, 6.07) is 0. The van der Waals surface area contributed by atoms with E-state index in [-0.39, 0.29) is 5.16 Å². The van der Waals surface area contributed by atoms with Gasteiger partial charge in [-0.2, -0.15) is 0 Å². The number of hydrogen-bond acceptors (Lipinski definition) is 4. The molecule has 0 aliphatic heterocycles. The molecule has 0 N–H and O–H groups in total. The molecule has 4 nitrogen and oxygen atoms in total. The predicted molar refractivity (Wildman–Crippen MR) is 67.6 cm³/mol. The van der Waals surface area contributed by atoms with Crippen molar-refractivity contribution in [2.45, 2.75) is 50.6 Å². The maximum absolute atomic E-state index is 11.2. The number of nitrogens with zero attached hydrogens (tertiary/aromatic N) is 2. The van der Waals surface area contributed by atoms with Crippen molar-refractivity contribution >= 4 is 9.84 Å². The Hall–Kier alpha value is -0.970. The van der Waals surface area contributed by atoms with Crippen LogP contribution >= 0.6 is 0 Å². The first-order chi connectivity index (χ1) is 8.04. The molecule has 0 aliphatic rings. The minimum Gasteiger partial charge on any atom is -0.227 e. The molecule has 1 heterocycles. The quantitative estimate of drug-likeness (QED) is 0.555. The summed E-state index contributed by atoms with van der Waals surface area (Å²) < 4.78 is 22.3. The van der Waals surface area contributed by atoms with Crippen LogP contribution < -0.4 is 0 Å². The van der Waals surface area contributed by atoms with Crippen LogP contribution in [0.1, 0.15) is 44.6 Å². The molecule has 0 atom stereocenters. The largest absolute Gasteiger partial charge is 0.246 e. The molecule has 1 rings (SSSR count). The fraction of sp³-hybridized carbons (Fsp3) is 0.667. The summed E-state index contributed by atoms with van der Waals surface area (Å²) in [6.07, 6.45) is 11.4. The van der Waals surface area contributed by atoms with Crippen molar-refractivity contribution in [2.75, 3.05) is 6.26 Å². The van der Waals surface area contributed by atoms with Crippen LogP contribution in [0, 0.1) is 0 Å². The van der Waals surface area contributed by atoms with Gasteiger partial charge in [0.15, 0.2) is 0 Å². The molecule has 0 bridgehead atoms. The van der Waals surface area contributed by atoms with Gasteiger partial charge in [0.2, 0.25) is 15.0 Å². The van der Waals surface area contributed by atoms with Gasteiger partial charge in [-0.15, -0.1) is 0 Å². The van der Waals surface area contributed by atoms with E-state index >= 15 is 0 Å². The molecule has 0 fully saturated rings. The highest BCUT2D eigenvalue weighted by Gasteiger charge is 2.09. The fourth-order valence-corrected chi connectivity index (χ4v) is 2.08. The highest BCUT2D eigenvalue weighted by atomic mass is 32.2. The molecule has 0 unspecified atom stereocenters. The molecule has 0 radical (unpaired) electrons. The first-order valence-corrected chi connectivity index (χ1v) is 7.94. The average Bonchev–Trinajstić information content (AvgIpc) is 2.28. The topological polar surface area (TPSA) is 59.9 Å². The van der Waals surface area contributed by atoms with Crippen molar-refractivity contribution in [2.24, 2.45) is 0 Å². The van der Waals surface area contributed by atoms with Gasteiger partial charge in [0, 0.05) is 18.6 Å². The SMILES string of the molecule is CCCCCCCc1cnc(S(C)(=O)=O)nc1. The van der Waals surface area contributed by atoms with Crippen molar-refractivity contribution in [3.05, 3.63) is 18.0 Å². The van der Waals surface area contributed by atoms with Gasteiger partial charge in [-0.1, -0.05) is 32.6 Å². The van der Waals surface area contributed by atoms with Crippen LogP contribution in [-0.2, 0) is 16.3 Å². The van der Waals surface area contributed by atoms with Crippen molar-refractivity contribution in [3.63, 3.8) is 0 Å². The number of sulfone groups is 1. The van der Waals surface area contributed by atoms with Crippen molar-refractivity contribution in [1.29, 1.82) is 0 Å². The molecule has 1 aromatic heterocycles. The van der Waals surface area contributed by atoms with Crippen molar-refractivity contribution < 1.29 is 8.42 Å². The van der Waals surface area contributed by atoms with E-state index in [4.69, 9.17) is 0 Å². The second-order valence-electron chi connectivity index (χ2n) is 4.31. The zero-order chi connectivity index (χ0) is 12.7. The predicted octanol–water partition coefficient (Wildman–Crippen LogP) is 2.39. The molecule has 1 aromatic rings. The van der Waals surface area contributed by atoms with Gasteiger partial charge < -0.3 is 0 Å². The van der Waals surface area contributed by atoms with E-state index in [1.54, 1.807) is 12.4 Å². The monoisotopic (exact) mass is 256 g/mol. The molecule has 0 amide bonds. The Morgan fingerprint density at radius 1 is 1.06 bits per heavy atom. The van der Waals surface area contributed by atoms with Crippen LogP contribution in [-0.4, -0.2) is 24.6 Å². The molecule has 0 spiro atoms. The van der Waals surface area contributed by atoms with Gasteiger partial charge in [0.1, 0.15) is 0 Å². The first-order valence-electron chi connectivity index (χ1n) is 6.05. The van der Waals surface area contributed by atoms with E-state index in [2.05, 4.69) is 16.9 Å². The van der Waals surface area contributed by atoms with Crippen LogP contribution in [0.5, 0.6) is 0 Å². The first kappa shape index (κ1) is 14.1. The van der Waals surface area contributed by atoms with E-state index < -0.39 is 9.84 Å². The van der Waals surface area contributed by atoms with Crippen molar-refractivity contribution in [1.82, 2.24) is 9.97 Å². The second-order valence-corrected chi connectivity index (χ2v) is 6.22. The summed E-state index contributed by atoms with van der Waals surface area (Å²) in [5.41, 5.74) is 1.01. The minimum absolute atomic E-state index is 0.0905. The Bertz CT molecular complexity index is 426. The number of aromatic nitrogens is 2. The molecule has 0 aliphatic carbocycles. The van der Waals surface area contributed by atoms with Gasteiger partial charge >= 0.3 is 0 Å². The Kier molecular flexibility index (Phi) is 5.55. The van der Waals surface area contributed by atoms with E-state index in [1.807, 2.05) is 0 Å². The van der Waals surface area contributed by atoms with Gasteiger partial charge in [0.05, 0.1) is 0 Å². The molecule has 5 heteroatoms. The maximum atomic E-state index is 11.2. The molecule has 17 heavy (non-hydrogen) atoms. The van der Waals surface area contributed by atoms with Gasteiger partial charge in [-0.3, -0.25) is 0 Å². The van der Waals surface area contributed by atoms with Crippen LogP contribution in [0.3, 0.4) is 0 Å². The number of aryl methyl sites for hydroxylation is 1. The minimum atomic E-state index is -3.27. The lowest BCUT2D eigenvalue weighted by Gasteiger charge is -2.01. The third-order valence-electron chi connectivity index (χ3n) is 2.58. The second kappa shape index (κ2) is 6.69. The Labute approximate surface area is 103 Å². The Morgan fingerprint density at radius 2 is 1.65 bits per heavy atom. The maximum Gasteiger partial charge on any atom is 0.246 e. The van der Waals surface area contributed by atoms with Crippen LogP contribution in [0.25, 0.3) is 0 Å². The number of hydrogen-bond donors (Lipinski definition) is 0. The molecule has 0 saturated heterocycles. The van der Waals surface area contributed by atoms with Crippen molar-refractivity contribution in [3.8, 4) is 0 Å². The number of rotatable bonds is 7. The molecular weight excluding hydrogens is 236 g/mol. The molecular formula is C12H20N2O2S. The normalized spacial score (nSPS) is 11.6. The third kappa shape index (κ3) is 5.26. The molecule has 96 valence electrons. The lowest BCUT2D eigenvalue weighted by atomic mass is 10.1. The summed E-state index contributed by atoms with van der Waals surface area (Å²) >= 11 is 0. The summed E-state index contributed by atoms with van der Waals surface area (Å²) in [6.45, 7) is 2.19. The van der Waals surface area contributed by atoms with Gasteiger partial charge in [0.25, 0.3) is 0 Å². The highest BCUT2D eigenvalue weighted by molar-refractivity contribution is 7.90. The fourth-order valence-electron chi connectivity index (χ4n) is 1.60. The zero-order valence-electron chi connectivity index (χ0n) is 10.5. The van der Waals surface area contributed by atoms with Crippen LogP contribution in [0.4, 0.5) is 0 Å². The zero-order valence-corrected chi connectivity index (χ0v) is 11.3. The van der Waals surface area contributed by atoms with Gasteiger partial charge in [-0.05, 0) is 18.4 Å². The average molecular weight is 256 g/mol. The summed E-state index contributed by atoms with van der Waals surface area (Å²) in [4.78, 5) is 7.73. The van der Waals surface area contributed by atoms with Crippen LogP contribution in [0.2, 0.25) is 0 Å². The van der Waals surface area contributed by atoms with E-state index in [1.165, 1.54) is 25.7 Å². The molecule has 0 aromatic carbocycles. The number of unbranched alkanes of at least 4 members (excludes halogenated alkanes) is 4. The summed E-state index contributed by atoms with van der Waals surface area (Å²) in [5, 5.41) is -0.0905. The summed E-state index contributed by atoms with van der Waals surface area (Å²) in [5.74, 6) is 0. The van der Waals surface area contributed by atoms with E-state index in [0.29, 0.717) is 0 Å². The highest BCUT2D eigenvalue weighted by Crippen LogP contribution is 2.08. The lowest BCUT2D eigenvalue weighted by Crippen LogP contribution is -2.04. The standard InChI is InChI=1S/C12H20N2O2S/c1-3-4-5-6-7-8-11-9-13-12(14-10-11)17(2,15)16/h9-10H,3-8H2,1-2H3. The van der Waals surface area contributed by atoms with E-state index in [0.717, 1.165) is 24.7 Å². The van der Waals surface area contributed by atoms with Crippen LogP contribution in [0.15, 0.2) is 17.6 Å². The van der Waals surface area contributed by atoms with Gasteiger partial charge in [-0.25, -0.2) is 18.4 Å². The lowest BCUT2D eigenvalue weighted by molar-refractivity contribution is 0.592. The summed E-state index contributed by atoms with van der Waals surface area (Å²) in [7, 11) is -3.27. The third-order valence-corrected chi connectivity index (χ3v) is 3.46.